The fourth-order valence-corrected chi connectivity index (χ4v) is 5.05. The van der Waals surface area contributed by atoms with Crippen molar-refractivity contribution in [2.45, 2.75) is 33.2 Å². The standard InChI is InChI=1S/C30H33N7O3/c1-5-12-37(26(38)16-34-30(39)40-4)19(3)29-33-15-25(36-29)23-11-10-22(27-18(2)13-32-28(23)27)20-6-8-21(9-7-20)24-14-31-17-35-24/h6-11,13-15,17,19,32H,5,12,16H2,1-4H3,(H,31,35)(H,33,36)(H,34,39). The molecule has 1 unspecified atom stereocenters. The van der Waals surface area contributed by atoms with Crippen LogP contribution in [0.5, 0.6) is 0 Å². The molecule has 0 saturated heterocycles. The predicted molar refractivity (Wildman–Crippen MR) is 154 cm³/mol. The van der Waals surface area contributed by atoms with Crippen LogP contribution in [0.15, 0.2) is 61.3 Å². The number of amides is 2. The summed E-state index contributed by atoms with van der Waals surface area (Å²) in [6.45, 7) is 6.43. The van der Waals surface area contributed by atoms with Gasteiger partial charge in [-0.1, -0.05) is 43.3 Å². The van der Waals surface area contributed by atoms with Gasteiger partial charge in [-0.3, -0.25) is 4.79 Å². The molecule has 5 rings (SSSR count). The molecule has 0 aliphatic heterocycles. The number of hydrogen-bond acceptors (Lipinski definition) is 5. The summed E-state index contributed by atoms with van der Waals surface area (Å²) in [5.74, 6) is 0.466. The molecule has 5 aromatic rings. The van der Waals surface area contributed by atoms with Gasteiger partial charge in [0.2, 0.25) is 5.91 Å². The van der Waals surface area contributed by atoms with E-state index in [1.807, 2.05) is 26.2 Å². The van der Waals surface area contributed by atoms with Crippen LogP contribution in [0.25, 0.3) is 44.5 Å². The number of aromatic nitrogens is 5. The van der Waals surface area contributed by atoms with Crippen molar-refractivity contribution in [3.8, 4) is 33.6 Å². The maximum Gasteiger partial charge on any atom is 0.407 e. The molecule has 0 spiro atoms. The quantitative estimate of drug-likeness (QED) is 0.194. The number of imidazole rings is 2. The van der Waals surface area contributed by atoms with Crippen molar-refractivity contribution < 1.29 is 14.3 Å². The van der Waals surface area contributed by atoms with E-state index < -0.39 is 6.09 Å². The molecule has 40 heavy (non-hydrogen) atoms. The first-order valence-corrected chi connectivity index (χ1v) is 13.3. The molecule has 0 bridgehead atoms. The second-order valence-electron chi connectivity index (χ2n) is 9.72. The number of ether oxygens (including phenoxy) is 1. The Morgan fingerprint density at radius 1 is 1.02 bits per heavy atom. The van der Waals surface area contributed by atoms with Gasteiger partial charge < -0.3 is 29.9 Å². The molecule has 0 fully saturated rings. The third-order valence-electron chi connectivity index (χ3n) is 7.14. The fourth-order valence-electron chi connectivity index (χ4n) is 5.05. The number of carbonyl (C=O) groups is 2. The summed E-state index contributed by atoms with van der Waals surface area (Å²) in [7, 11) is 1.27. The number of alkyl carbamates (subject to hydrolysis) is 1. The van der Waals surface area contributed by atoms with Crippen molar-refractivity contribution >= 4 is 22.9 Å². The van der Waals surface area contributed by atoms with Crippen LogP contribution in [0.2, 0.25) is 0 Å². The van der Waals surface area contributed by atoms with E-state index in [0.717, 1.165) is 56.5 Å². The minimum atomic E-state index is -0.639. The van der Waals surface area contributed by atoms with Gasteiger partial charge in [-0.25, -0.2) is 14.8 Å². The van der Waals surface area contributed by atoms with Gasteiger partial charge in [0.25, 0.3) is 0 Å². The zero-order valence-corrected chi connectivity index (χ0v) is 23.0. The summed E-state index contributed by atoms with van der Waals surface area (Å²) in [5.41, 5.74) is 8.33. The highest BCUT2D eigenvalue weighted by molar-refractivity contribution is 6.04. The largest absolute Gasteiger partial charge is 0.453 e. The van der Waals surface area contributed by atoms with E-state index in [1.165, 1.54) is 7.11 Å². The minimum absolute atomic E-state index is 0.142. The summed E-state index contributed by atoms with van der Waals surface area (Å²) < 4.78 is 4.59. The van der Waals surface area contributed by atoms with Crippen LogP contribution in [0.1, 0.15) is 37.7 Å². The molecule has 4 N–H and O–H groups in total. The topological polar surface area (TPSA) is 132 Å². The summed E-state index contributed by atoms with van der Waals surface area (Å²) >= 11 is 0. The van der Waals surface area contributed by atoms with Gasteiger partial charge in [0, 0.05) is 23.7 Å². The first-order valence-electron chi connectivity index (χ1n) is 13.3. The number of fused-ring (bicyclic) bond motifs is 1. The van der Waals surface area contributed by atoms with E-state index in [2.05, 4.69) is 78.3 Å². The highest BCUT2D eigenvalue weighted by atomic mass is 16.5. The Bertz CT molecular complexity index is 1620. The van der Waals surface area contributed by atoms with Crippen molar-refractivity contribution in [3.63, 3.8) is 0 Å². The molecular formula is C30H33N7O3. The van der Waals surface area contributed by atoms with Crippen molar-refractivity contribution in [2.24, 2.45) is 0 Å². The number of H-pyrrole nitrogens is 3. The zero-order valence-electron chi connectivity index (χ0n) is 23.0. The lowest BCUT2D eigenvalue weighted by atomic mass is 9.95. The Hall–Kier alpha value is -4.86. The molecule has 0 aliphatic carbocycles. The Morgan fingerprint density at radius 2 is 1.77 bits per heavy atom. The SMILES string of the molecule is CCCN(C(=O)CNC(=O)OC)C(C)c1ncc(-c2ccc(-c3ccc(-c4cnc[nH]4)cc3)c3c(C)c[nH]c23)[nH]1. The number of nitrogens with zero attached hydrogens (tertiary/aromatic N) is 3. The molecule has 1 atom stereocenters. The Balaban J connectivity index is 1.43. The number of benzene rings is 2. The molecule has 3 aromatic heterocycles. The first-order chi connectivity index (χ1) is 19.4. The summed E-state index contributed by atoms with van der Waals surface area (Å²) in [5, 5.41) is 3.61. The number of carbonyl (C=O) groups excluding carboxylic acids is 2. The molecule has 10 nitrogen and oxygen atoms in total. The maximum absolute atomic E-state index is 12.9. The zero-order chi connectivity index (χ0) is 28.2. The van der Waals surface area contributed by atoms with Gasteiger partial charge in [-0.05, 0) is 42.5 Å². The molecule has 0 saturated carbocycles. The van der Waals surface area contributed by atoms with Crippen LogP contribution >= 0.6 is 0 Å². The maximum atomic E-state index is 12.9. The predicted octanol–water partition coefficient (Wildman–Crippen LogP) is 5.58. The lowest BCUT2D eigenvalue weighted by molar-refractivity contribution is -0.132. The average molecular weight is 540 g/mol. The lowest BCUT2D eigenvalue weighted by Crippen LogP contribution is -2.42. The summed E-state index contributed by atoms with van der Waals surface area (Å²) in [6.07, 6.45) is 7.45. The first kappa shape index (κ1) is 26.7. The summed E-state index contributed by atoms with van der Waals surface area (Å²) in [4.78, 5) is 44.8. The van der Waals surface area contributed by atoms with E-state index in [1.54, 1.807) is 17.4 Å². The summed E-state index contributed by atoms with van der Waals surface area (Å²) in [6, 6.07) is 12.4. The smallest absolute Gasteiger partial charge is 0.407 e. The van der Waals surface area contributed by atoms with Gasteiger partial charge in [-0.2, -0.15) is 0 Å². The fraction of sp³-hybridized carbons (Fsp3) is 0.267. The van der Waals surface area contributed by atoms with Gasteiger partial charge in [0.15, 0.2) is 0 Å². The van der Waals surface area contributed by atoms with E-state index >= 15 is 0 Å². The van der Waals surface area contributed by atoms with Crippen LogP contribution in [-0.2, 0) is 9.53 Å². The molecule has 10 heteroatoms. The number of hydrogen-bond donors (Lipinski definition) is 4. The van der Waals surface area contributed by atoms with Crippen molar-refractivity contribution in [1.82, 2.24) is 35.1 Å². The number of rotatable bonds is 9. The van der Waals surface area contributed by atoms with Crippen molar-refractivity contribution in [2.75, 3.05) is 20.2 Å². The van der Waals surface area contributed by atoms with E-state index in [9.17, 15) is 9.59 Å². The van der Waals surface area contributed by atoms with Crippen LogP contribution in [0, 0.1) is 6.92 Å². The Labute approximate surface area is 232 Å². The second-order valence-corrected chi connectivity index (χ2v) is 9.72. The molecule has 0 radical (unpaired) electrons. The molecular weight excluding hydrogens is 506 g/mol. The van der Waals surface area contributed by atoms with Gasteiger partial charge in [0.05, 0.1) is 48.8 Å². The van der Waals surface area contributed by atoms with Crippen LogP contribution in [0.3, 0.4) is 0 Å². The number of methoxy groups -OCH3 is 1. The third kappa shape index (κ3) is 5.20. The Morgan fingerprint density at radius 3 is 2.48 bits per heavy atom. The molecule has 206 valence electrons. The van der Waals surface area contributed by atoms with Gasteiger partial charge in [0.1, 0.15) is 12.4 Å². The van der Waals surface area contributed by atoms with E-state index in [0.29, 0.717) is 12.4 Å². The highest BCUT2D eigenvalue weighted by Crippen LogP contribution is 2.37. The van der Waals surface area contributed by atoms with Gasteiger partial charge in [-0.15, -0.1) is 0 Å². The van der Waals surface area contributed by atoms with Crippen LogP contribution in [0.4, 0.5) is 4.79 Å². The van der Waals surface area contributed by atoms with Crippen molar-refractivity contribution in [3.05, 3.63) is 72.7 Å². The second kappa shape index (κ2) is 11.5. The van der Waals surface area contributed by atoms with E-state index in [-0.39, 0.29) is 18.5 Å². The Kier molecular flexibility index (Phi) is 7.68. The molecule has 2 amide bonds. The van der Waals surface area contributed by atoms with E-state index in [4.69, 9.17) is 0 Å². The van der Waals surface area contributed by atoms with Crippen LogP contribution in [-0.4, -0.2) is 62.0 Å². The normalized spacial score (nSPS) is 11.9. The number of aromatic amines is 3. The molecule has 2 aromatic carbocycles. The van der Waals surface area contributed by atoms with Gasteiger partial charge >= 0.3 is 6.09 Å². The highest BCUT2D eigenvalue weighted by Gasteiger charge is 2.24. The van der Waals surface area contributed by atoms with Crippen molar-refractivity contribution in [1.29, 1.82) is 0 Å². The number of nitrogens with one attached hydrogen (secondary N) is 4. The monoisotopic (exact) mass is 539 g/mol. The molecule has 3 heterocycles. The number of aryl methyl sites for hydroxylation is 1. The third-order valence-corrected chi connectivity index (χ3v) is 7.14. The van der Waals surface area contributed by atoms with Crippen LogP contribution < -0.4 is 5.32 Å². The minimum Gasteiger partial charge on any atom is -0.453 e. The molecule has 0 aliphatic rings. The average Bonchev–Trinajstić information content (AvgIpc) is 3.76. The lowest BCUT2D eigenvalue weighted by Gasteiger charge is -2.27.